The van der Waals surface area contributed by atoms with Gasteiger partial charge in [0.05, 0.1) is 11.0 Å². The molecule has 0 aliphatic carbocycles. The second kappa shape index (κ2) is 8.31. The van der Waals surface area contributed by atoms with Gasteiger partial charge in [-0.25, -0.2) is 4.98 Å². The summed E-state index contributed by atoms with van der Waals surface area (Å²) in [6, 6.07) is 3.05. The van der Waals surface area contributed by atoms with Crippen molar-refractivity contribution in [1.29, 1.82) is 0 Å². The maximum absolute atomic E-state index is 11.0. The summed E-state index contributed by atoms with van der Waals surface area (Å²) in [7, 11) is 0. The van der Waals surface area contributed by atoms with Gasteiger partial charge in [-0.05, 0) is 32.3 Å². The monoisotopic (exact) mass is 282 g/mol. The first-order valence-corrected chi connectivity index (χ1v) is 6.85. The van der Waals surface area contributed by atoms with E-state index < -0.39 is 4.92 Å². The third-order valence-corrected chi connectivity index (χ3v) is 2.72. The van der Waals surface area contributed by atoms with E-state index in [2.05, 4.69) is 15.6 Å². The molecule has 1 heterocycles. The zero-order valence-electron chi connectivity index (χ0n) is 11.9. The molecule has 0 aromatic carbocycles. The Bertz CT molecular complexity index is 438. The minimum absolute atomic E-state index is 0.0379. The molecular formula is C13H22N4O3. The predicted octanol–water partition coefficient (Wildman–Crippen LogP) is 2.38. The summed E-state index contributed by atoms with van der Waals surface area (Å²) < 4.78 is 0. The zero-order chi connectivity index (χ0) is 15.0. The molecule has 1 atom stereocenters. The van der Waals surface area contributed by atoms with E-state index in [0.29, 0.717) is 18.8 Å². The molecule has 0 fully saturated rings. The van der Waals surface area contributed by atoms with Gasteiger partial charge in [-0.1, -0.05) is 6.92 Å². The molecule has 7 nitrogen and oxygen atoms in total. The van der Waals surface area contributed by atoms with Crippen molar-refractivity contribution in [1.82, 2.24) is 4.98 Å². The van der Waals surface area contributed by atoms with Gasteiger partial charge in [0.25, 0.3) is 0 Å². The predicted molar refractivity (Wildman–Crippen MR) is 79.1 cm³/mol. The van der Waals surface area contributed by atoms with E-state index in [0.717, 1.165) is 19.4 Å². The zero-order valence-corrected chi connectivity index (χ0v) is 11.9. The maximum Gasteiger partial charge on any atom is 0.311 e. The van der Waals surface area contributed by atoms with Crippen LogP contribution in [0.5, 0.6) is 0 Å². The van der Waals surface area contributed by atoms with E-state index in [4.69, 9.17) is 0 Å². The maximum atomic E-state index is 11.0. The molecule has 0 saturated carbocycles. The van der Waals surface area contributed by atoms with Gasteiger partial charge in [0, 0.05) is 19.2 Å². The van der Waals surface area contributed by atoms with Crippen LogP contribution in [-0.4, -0.2) is 34.2 Å². The lowest BCUT2D eigenvalue weighted by Crippen LogP contribution is -2.10. The molecule has 1 aromatic heterocycles. The van der Waals surface area contributed by atoms with Crippen molar-refractivity contribution in [2.24, 2.45) is 0 Å². The fraction of sp³-hybridized carbons (Fsp3) is 0.615. The van der Waals surface area contributed by atoms with Crippen LogP contribution in [0.15, 0.2) is 12.1 Å². The molecule has 0 radical (unpaired) electrons. The first kappa shape index (κ1) is 16.2. The van der Waals surface area contributed by atoms with Gasteiger partial charge in [-0.2, -0.15) is 0 Å². The highest BCUT2D eigenvalue weighted by Gasteiger charge is 2.15. The third-order valence-electron chi connectivity index (χ3n) is 2.72. The molecule has 7 heteroatoms. The van der Waals surface area contributed by atoms with E-state index in [9.17, 15) is 15.2 Å². The van der Waals surface area contributed by atoms with Gasteiger partial charge >= 0.3 is 5.69 Å². The number of hydrogen-bond acceptors (Lipinski definition) is 6. The SMILES string of the molecule is CCCNc1ccc([N+](=O)[O-])c(NCCCC(C)O)n1. The number of aliphatic hydroxyl groups excluding tert-OH is 1. The van der Waals surface area contributed by atoms with Crippen LogP contribution < -0.4 is 10.6 Å². The van der Waals surface area contributed by atoms with E-state index in [1.165, 1.54) is 6.07 Å². The summed E-state index contributed by atoms with van der Waals surface area (Å²) in [5.74, 6) is 0.886. The summed E-state index contributed by atoms with van der Waals surface area (Å²) in [5, 5.41) is 26.2. The highest BCUT2D eigenvalue weighted by molar-refractivity contribution is 5.60. The Morgan fingerprint density at radius 1 is 1.40 bits per heavy atom. The smallest absolute Gasteiger partial charge is 0.311 e. The van der Waals surface area contributed by atoms with Crippen molar-refractivity contribution in [2.45, 2.75) is 39.2 Å². The number of nitro groups is 1. The van der Waals surface area contributed by atoms with E-state index in [1.807, 2.05) is 6.92 Å². The molecule has 0 amide bonds. The van der Waals surface area contributed by atoms with Crippen molar-refractivity contribution < 1.29 is 10.0 Å². The van der Waals surface area contributed by atoms with Crippen molar-refractivity contribution in [3.8, 4) is 0 Å². The van der Waals surface area contributed by atoms with Gasteiger partial charge in [-0.3, -0.25) is 10.1 Å². The Morgan fingerprint density at radius 3 is 2.75 bits per heavy atom. The molecule has 1 unspecified atom stereocenters. The molecule has 112 valence electrons. The normalized spacial score (nSPS) is 11.9. The summed E-state index contributed by atoms with van der Waals surface area (Å²) >= 11 is 0. The Hall–Kier alpha value is -1.89. The van der Waals surface area contributed by atoms with Gasteiger partial charge < -0.3 is 15.7 Å². The van der Waals surface area contributed by atoms with Crippen LogP contribution in [0, 0.1) is 10.1 Å². The molecule has 0 bridgehead atoms. The summed E-state index contributed by atoms with van der Waals surface area (Å²) in [6.07, 6.45) is 1.96. The van der Waals surface area contributed by atoms with E-state index in [-0.39, 0.29) is 17.6 Å². The lowest BCUT2D eigenvalue weighted by Gasteiger charge is -2.10. The molecule has 0 saturated heterocycles. The fourth-order valence-corrected chi connectivity index (χ4v) is 1.68. The van der Waals surface area contributed by atoms with Crippen LogP contribution >= 0.6 is 0 Å². The average Bonchev–Trinajstić information content (AvgIpc) is 2.41. The second-order valence-electron chi connectivity index (χ2n) is 4.67. The quantitative estimate of drug-likeness (QED) is 0.365. The number of nitrogens with zero attached hydrogens (tertiary/aromatic N) is 2. The van der Waals surface area contributed by atoms with Crippen LogP contribution in [0.1, 0.15) is 33.1 Å². The van der Waals surface area contributed by atoms with Gasteiger partial charge in [0.1, 0.15) is 5.82 Å². The van der Waals surface area contributed by atoms with E-state index >= 15 is 0 Å². The highest BCUT2D eigenvalue weighted by atomic mass is 16.6. The second-order valence-corrected chi connectivity index (χ2v) is 4.67. The third kappa shape index (κ3) is 5.40. The Morgan fingerprint density at radius 2 is 2.15 bits per heavy atom. The largest absolute Gasteiger partial charge is 0.393 e. The fourth-order valence-electron chi connectivity index (χ4n) is 1.68. The Balaban J connectivity index is 2.70. The molecule has 0 spiro atoms. The minimum atomic E-state index is -0.451. The molecule has 0 aliphatic rings. The lowest BCUT2D eigenvalue weighted by molar-refractivity contribution is -0.384. The van der Waals surface area contributed by atoms with Crippen molar-refractivity contribution in [3.05, 3.63) is 22.2 Å². The Labute approximate surface area is 118 Å². The highest BCUT2D eigenvalue weighted by Crippen LogP contribution is 2.24. The number of anilines is 2. The van der Waals surface area contributed by atoms with Crippen molar-refractivity contribution in [2.75, 3.05) is 23.7 Å². The standard InChI is InChI=1S/C13H22N4O3/c1-3-8-14-12-7-6-11(17(19)20)13(16-12)15-9-4-5-10(2)18/h6-7,10,18H,3-5,8-9H2,1-2H3,(H2,14,15,16). The van der Waals surface area contributed by atoms with Crippen molar-refractivity contribution in [3.63, 3.8) is 0 Å². The van der Waals surface area contributed by atoms with Gasteiger partial charge in [-0.15, -0.1) is 0 Å². The first-order chi connectivity index (χ1) is 9.54. The van der Waals surface area contributed by atoms with Crippen LogP contribution in [0.2, 0.25) is 0 Å². The van der Waals surface area contributed by atoms with Gasteiger partial charge in [0.2, 0.25) is 5.82 Å². The number of rotatable bonds is 9. The molecule has 3 N–H and O–H groups in total. The van der Waals surface area contributed by atoms with E-state index in [1.54, 1.807) is 13.0 Å². The topological polar surface area (TPSA) is 100 Å². The summed E-state index contributed by atoms with van der Waals surface area (Å²) in [6.45, 7) is 5.06. The van der Waals surface area contributed by atoms with Crippen LogP contribution in [0.3, 0.4) is 0 Å². The van der Waals surface area contributed by atoms with Crippen LogP contribution in [-0.2, 0) is 0 Å². The first-order valence-electron chi connectivity index (χ1n) is 6.85. The summed E-state index contributed by atoms with van der Waals surface area (Å²) in [4.78, 5) is 14.7. The average molecular weight is 282 g/mol. The molecule has 1 aromatic rings. The lowest BCUT2D eigenvalue weighted by atomic mass is 10.2. The molecular weight excluding hydrogens is 260 g/mol. The minimum Gasteiger partial charge on any atom is -0.393 e. The van der Waals surface area contributed by atoms with Gasteiger partial charge in [0.15, 0.2) is 0 Å². The number of pyridine rings is 1. The summed E-state index contributed by atoms with van der Waals surface area (Å²) in [5.41, 5.74) is -0.0379. The molecule has 20 heavy (non-hydrogen) atoms. The number of hydrogen-bond donors (Lipinski definition) is 3. The number of aromatic nitrogens is 1. The number of aliphatic hydroxyl groups is 1. The molecule has 1 rings (SSSR count). The van der Waals surface area contributed by atoms with Crippen LogP contribution in [0.25, 0.3) is 0 Å². The van der Waals surface area contributed by atoms with Crippen molar-refractivity contribution >= 4 is 17.3 Å². The molecule has 0 aliphatic heterocycles. The van der Waals surface area contributed by atoms with Crippen LogP contribution in [0.4, 0.5) is 17.3 Å². The number of nitrogens with one attached hydrogen (secondary N) is 2. The Kier molecular flexibility index (Phi) is 6.72.